The van der Waals surface area contributed by atoms with Crippen LogP contribution in [-0.2, 0) is 28.7 Å². The van der Waals surface area contributed by atoms with Gasteiger partial charge in [-0.05, 0) is 40.0 Å². The molecule has 0 fully saturated rings. The normalized spacial score (nSPS) is 20.6. The Bertz CT molecular complexity index is 862. The number of methoxy groups -OCH3 is 1. The van der Waals surface area contributed by atoms with Crippen molar-refractivity contribution in [2.45, 2.75) is 118 Å². The van der Waals surface area contributed by atoms with Gasteiger partial charge in [-0.25, -0.2) is 5.90 Å². The number of carbonyl (C=O) groups excluding carboxylic acids is 3. The molecule has 3 unspecified atom stereocenters. The predicted molar refractivity (Wildman–Crippen MR) is 159 cm³/mol. The quantitative estimate of drug-likeness (QED) is 0.303. The maximum atomic E-state index is 12.2. The van der Waals surface area contributed by atoms with E-state index in [1.54, 1.807) is 12.0 Å². The lowest BCUT2D eigenvalue weighted by molar-refractivity contribution is -0.135. The minimum absolute atomic E-state index is 0.00672. The number of ether oxygens (including phenoxy) is 2. The molecule has 0 saturated heterocycles. The van der Waals surface area contributed by atoms with E-state index in [4.69, 9.17) is 9.47 Å². The number of carbonyl (C=O) groups is 3. The topological polar surface area (TPSA) is 108 Å². The summed E-state index contributed by atoms with van der Waals surface area (Å²) in [5.74, 6) is 17.6. The maximum Gasteiger partial charge on any atom is 0.223 e. The van der Waals surface area contributed by atoms with Gasteiger partial charge in [-0.2, -0.15) is 0 Å². The second kappa shape index (κ2) is 22.5. The summed E-state index contributed by atoms with van der Waals surface area (Å²) in [6, 6.07) is 0. The SMILES string of the molecule is CC(C)C(=O)COC1C#CCCCCC1.CC(C)ON.COC1CN(C(=O)CCC(=O)C(C)C)CCC#CC1C. The largest absolute Gasteiger partial charge is 0.378 e. The summed E-state index contributed by atoms with van der Waals surface area (Å²) < 4.78 is 10.9. The molecule has 1 amide bonds. The third-order valence-corrected chi connectivity index (χ3v) is 6.55. The fourth-order valence-electron chi connectivity index (χ4n) is 3.62. The number of hydrogen-bond donors (Lipinski definition) is 1. The van der Waals surface area contributed by atoms with E-state index in [-0.39, 0.29) is 66.6 Å². The molecule has 0 saturated carbocycles. The Morgan fingerprint density at radius 3 is 2.10 bits per heavy atom. The zero-order chi connectivity index (χ0) is 30.5. The van der Waals surface area contributed by atoms with Crippen LogP contribution in [0.25, 0.3) is 0 Å². The molecular weight excluding hydrogens is 508 g/mol. The molecule has 2 N–H and O–H groups in total. The first-order valence-electron chi connectivity index (χ1n) is 14.7. The van der Waals surface area contributed by atoms with Gasteiger partial charge in [0.1, 0.15) is 18.5 Å². The van der Waals surface area contributed by atoms with Crippen LogP contribution in [0.5, 0.6) is 0 Å². The molecule has 0 spiro atoms. The Kier molecular flexibility index (Phi) is 21.2. The van der Waals surface area contributed by atoms with E-state index in [9.17, 15) is 14.4 Å². The van der Waals surface area contributed by atoms with Crippen LogP contribution in [0.2, 0.25) is 0 Å². The van der Waals surface area contributed by atoms with Crippen LogP contribution in [0, 0.1) is 41.4 Å². The zero-order valence-corrected chi connectivity index (χ0v) is 26.2. The average molecular weight is 563 g/mol. The van der Waals surface area contributed by atoms with Gasteiger partial charge in [0, 0.05) is 63.6 Å². The molecule has 2 rings (SSSR count). The number of hydrogen-bond acceptors (Lipinski definition) is 7. The minimum atomic E-state index is -0.0625. The van der Waals surface area contributed by atoms with Crippen molar-refractivity contribution in [1.29, 1.82) is 0 Å². The number of nitrogens with two attached hydrogens (primary N) is 1. The monoisotopic (exact) mass is 562 g/mol. The highest BCUT2D eigenvalue weighted by atomic mass is 16.6. The molecule has 1 heterocycles. The summed E-state index contributed by atoms with van der Waals surface area (Å²) >= 11 is 0. The van der Waals surface area contributed by atoms with Crippen LogP contribution in [0.3, 0.4) is 0 Å². The first-order chi connectivity index (χ1) is 18.9. The van der Waals surface area contributed by atoms with Crippen molar-refractivity contribution >= 4 is 17.5 Å². The van der Waals surface area contributed by atoms with E-state index >= 15 is 0 Å². The first kappa shape index (κ1) is 37.8. The van der Waals surface area contributed by atoms with Gasteiger partial charge < -0.3 is 19.2 Å². The van der Waals surface area contributed by atoms with Crippen molar-refractivity contribution in [3.05, 3.63) is 0 Å². The lowest BCUT2D eigenvalue weighted by atomic mass is 10.0. The maximum absolute atomic E-state index is 12.2. The van der Waals surface area contributed by atoms with Gasteiger partial charge >= 0.3 is 0 Å². The van der Waals surface area contributed by atoms with Crippen molar-refractivity contribution in [3.63, 3.8) is 0 Å². The van der Waals surface area contributed by atoms with Crippen LogP contribution < -0.4 is 5.90 Å². The standard InChI is InChI=1S/C16H25NO3.C13H20O2.C3H9NO/c1-12(2)14(18)8-9-16(19)17-10-6-5-7-13(3)15(11-17)20-4;1-11(2)13(14)10-15-12-8-6-4-3-5-7-9-12;1-3(2)5-4/h12-13,15H,6,8-11H2,1-4H3;11-12H,3-6,8,10H2,1-2H3;3H,4H2,1-2H3. The molecule has 0 radical (unpaired) electrons. The van der Waals surface area contributed by atoms with Crippen molar-refractivity contribution in [2.75, 3.05) is 26.8 Å². The molecule has 228 valence electrons. The summed E-state index contributed by atoms with van der Waals surface area (Å²) in [4.78, 5) is 41.2. The smallest absolute Gasteiger partial charge is 0.223 e. The van der Waals surface area contributed by atoms with Crippen molar-refractivity contribution in [3.8, 4) is 23.7 Å². The van der Waals surface area contributed by atoms with E-state index in [1.165, 1.54) is 12.8 Å². The molecule has 8 heteroatoms. The van der Waals surface area contributed by atoms with Gasteiger partial charge in [0.05, 0.1) is 12.2 Å². The van der Waals surface area contributed by atoms with E-state index in [1.807, 2.05) is 48.5 Å². The lowest BCUT2D eigenvalue weighted by Gasteiger charge is -2.29. The van der Waals surface area contributed by atoms with Crippen LogP contribution in [0.1, 0.15) is 99.8 Å². The van der Waals surface area contributed by atoms with Gasteiger partial charge in [0.2, 0.25) is 5.91 Å². The number of Topliss-reactive ketones (excluding diaryl/α,β-unsaturated/α-hetero) is 2. The third-order valence-electron chi connectivity index (χ3n) is 6.55. The molecule has 8 nitrogen and oxygen atoms in total. The molecule has 1 aliphatic heterocycles. The molecule has 0 aromatic rings. The zero-order valence-electron chi connectivity index (χ0n) is 26.2. The second-order valence-electron chi connectivity index (χ2n) is 11.1. The molecular formula is C32H54N2O6. The number of rotatable bonds is 10. The predicted octanol–water partition coefficient (Wildman–Crippen LogP) is 4.73. The summed E-state index contributed by atoms with van der Waals surface area (Å²) in [7, 11) is 1.65. The van der Waals surface area contributed by atoms with Crippen LogP contribution in [0.4, 0.5) is 0 Å². The van der Waals surface area contributed by atoms with E-state index < -0.39 is 0 Å². The summed E-state index contributed by atoms with van der Waals surface area (Å²) in [6.07, 6.45) is 6.91. The molecule has 3 atom stereocenters. The van der Waals surface area contributed by atoms with Gasteiger partial charge in [-0.3, -0.25) is 14.4 Å². The van der Waals surface area contributed by atoms with E-state index in [0.29, 0.717) is 25.9 Å². The Morgan fingerprint density at radius 1 is 0.900 bits per heavy atom. The Labute approximate surface area is 243 Å². The van der Waals surface area contributed by atoms with Crippen molar-refractivity contribution in [1.82, 2.24) is 4.90 Å². The number of ketones is 2. The Hall–Kier alpha value is -2.23. The molecule has 40 heavy (non-hydrogen) atoms. The summed E-state index contributed by atoms with van der Waals surface area (Å²) in [6.45, 7) is 14.7. The summed E-state index contributed by atoms with van der Waals surface area (Å²) in [5, 5.41) is 0. The van der Waals surface area contributed by atoms with Crippen molar-refractivity contribution in [2.24, 2.45) is 23.7 Å². The van der Waals surface area contributed by atoms with Gasteiger partial charge in [0.15, 0.2) is 5.78 Å². The molecule has 1 aliphatic carbocycles. The Balaban J connectivity index is 0.000000669. The van der Waals surface area contributed by atoms with Crippen LogP contribution in [-0.4, -0.2) is 67.5 Å². The molecule has 0 aromatic heterocycles. The highest BCUT2D eigenvalue weighted by molar-refractivity contribution is 5.86. The fourth-order valence-corrected chi connectivity index (χ4v) is 3.62. The fraction of sp³-hybridized carbons (Fsp3) is 0.781. The van der Waals surface area contributed by atoms with Crippen LogP contribution >= 0.6 is 0 Å². The second-order valence-corrected chi connectivity index (χ2v) is 11.1. The van der Waals surface area contributed by atoms with Crippen molar-refractivity contribution < 1.29 is 28.7 Å². The highest BCUT2D eigenvalue weighted by Gasteiger charge is 2.24. The summed E-state index contributed by atoms with van der Waals surface area (Å²) in [5.41, 5.74) is 0. The molecule has 2 aliphatic rings. The third kappa shape index (κ3) is 18.2. The van der Waals surface area contributed by atoms with Gasteiger partial charge in [0.25, 0.3) is 0 Å². The molecule has 0 aromatic carbocycles. The Morgan fingerprint density at radius 2 is 1.52 bits per heavy atom. The van der Waals surface area contributed by atoms with E-state index in [0.717, 1.165) is 19.3 Å². The lowest BCUT2D eigenvalue weighted by Crippen LogP contribution is -2.42. The highest BCUT2D eigenvalue weighted by Crippen LogP contribution is 2.14. The van der Waals surface area contributed by atoms with E-state index in [2.05, 4.69) is 34.4 Å². The van der Waals surface area contributed by atoms with Crippen LogP contribution in [0.15, 0.2) is 0 Å². The number of nitrogens with zero attached hydrogens (tertiary/aromatic N) is 1. The van der Waals surface area contributed by atoms with Gasteiger partial charge in [-0.1, -0.05) is 46.0 Å². The average Bonchev–Trinajstić information content (AvgIpc) is 2.89. The molecule has 0 bridgehead atoms. The number of amides is 1. The minimum Gasteiger partial charge on any atom is -0.378 e. The first-order valence-corrected chi connectivity index (χ1v) is 14.7. The van der Waals surface area contributed by atoms with Gasteiger partial charge in [-0.15, -0.1) is 11.8 Å².